The number of hydrogen-bond donors (Lipinski definition) is 1. The van der Waals surface area contributed by atoms with E-state index in [0.717, 1.165) is 4.90 Å². The summed E-state index contributed by atoms with van der Waals surface area (Å²) in [7, 11) is 0. The second-order valence-corrected chi connectivity index (χ2v) is 5.20. The molecule has 0 bridgehead atoms. The first-order valence-electron chi connectivity index (χ1n) is 5.09. The molecule has 5 heteroatoms. The van der Waals surface area contributed by atoms with Crippen LogP contribution in [-0.4, -0.2) is 9.97 Å². The number of aromatic nitrogens is 2. The largest absolute Gasteiger partial charge is 0.368 e. The van der Waals surface area contributed by atoms with Gasteiger partial charge in [0.05, 0.1) is 11.2 Å². The molecule has 2 rings (SSSR count). The summed E-state index contributed by atoms with van der Waals surface area (Å²) in [5, 5.41) is 1.20. The van der Waals surface area contributed by atoms with Gasteiger partial charge >= 0.3 is 0 Å². The van der Waals surface area contributed by atoms with Crippen molar-refractivity contribution in [2.45, 2.75) is 23.8 Å². The molecule has 1 aromatic heterocycles. The van der Waals surface area contributed by atoms with Crippen molar-refractivity contribution in [1.82, 2.24) is 9.97 Å². The molecule has 17 heavy (non-hydrogen) atoms. The second kappa shape index (κ2) is 4.94. The van der Waals surface area contributed by atoms with E-state index in [9.17, 15) is 0 Å². The van der Waals surface area contributed by atoms with E-state index in [2.05, 4.69) is 35.9 Å². The van der Waals surface area contributed by atoms with Crippen LogP contribution in [0.4, 0.5) is 5.95 Å². The number of rotatable bonds is 2. The van der Waals surface area contributed by atoms with E-state index in [0.29, 0.717) is 10.0 Å². The van der Waals surface area contributed by atoms with Gasteiger partial charge in [0.2, 0.25) is 5.95 Å². The van der Waals surface area contributed by atoms with Crippen LogP contribution in [0, 0.1) is 13.8 Å². The number of nitrogen functional groups attached to an aromatic ring is 1. The van der Waals surface area contributed by atoms with Gasteiger partial charge in [-0.3, -0.25) is 0 Å². The fourth-order valence-corrected chi connectivity index (χ4v) is 2.42. The Morgan fingerprint density at radius 3 is 2.71 bits per heavy atom. The molecule has 0 saturated carbocycles. The summed E-state index contributed by atoms with van der Waals surface area (Å²) in [6.45, 7) is 4.16. The molecule has 1 heterocycles. The van der Waals surface area contributed by atoms with Crippen molar-refractivity contribution in [3.05, 3.63) is 40.5 Å². The SMILES string of the molecule is Cc1ccc(Sc2nc(N)ncc2Cl)cc1C. The highest BCUT2D eigenvalue weighted by molar-refractivity contribution is 7.99. The minimum absolute atomic E-state index is 0.237. The van der Waals surface area contributed by atoms with Gasteiger partial charge in [0, 0.05) is 4.90 Å². The summed E-state index contributed by atoms with van der Waals surface area (Å²) in [6, 6.07) is 6.23. The molecule has 2 N–H and O–H groups in total. The molecule has 3 nitrogen and oxygen atoms in total. The second-order valence-electron chi connectivity index (χ2n) is 3.73. The smallest absolute Gasteiger partial charge is 0.221 e. The van der Waals surface area contributed by atoms with Crippen LogP contribution in [0.1, 0.15) is 11.1 Å². The van der Waals surface area contributed by atoms with Gasteiger partial charge in [-0.2, -0.15) is 0 Å². The molecule has 0 aliphatic carbocycles. The predicted molar refractivity (Wildman–Crippen MR) is 71.5 cm³/mol. The first-order valence-corrected chi connectivity index (χ1v) is 6.29. The van der Waals surface area contributed by atoms with E-state index in [4.69, 9.17) is 17.3 Å². The predicted octanol–water partition coefficient (Wildman–Crippen LogP) is 3.48. The van der Waals surface area contributed by atoms with E-state index in [-0.39, 0.29) is 5.95 Å². The zero-order valence-corrected chi connectivity index (χ0v) is 11.1. The molecule has 0 aliphatic heterocycles. The van der Waals surface area contributed by atoms with E-state index in [1.54, 1.807) is 0 Å². The molecule has 0 fully saturated rings. The van der Waals surface area contributed by atoms with Crippen molar-refractivity contribution in [3.63, 3.8) is 0 Å². The van der Waals surface area contributed by atoms with Gasteiger partial charge < -0.3 is 5.73 Å². The van der Waals surface area contributed by atoms with Crippen LogP contribution in [-0.2, 0) is 0 Å². The van der Waals surface area contributed by atoms with Crippen LogP contribution in [0.2, 0.25) is 5.02 Å². The lowest BCUT2D eigenvalue weighted by atomic mass is 10.1. The summed E-state index contributed by atoms with van der Waals surface area (Å²) in [6.07, 6.45) is 1.52. The van der Waals surface area contributed by atoms with Crippen molar-refractivity contribution in [3.8, 4) is 0 Å². The molecule has 0 aliphatic rings. The van der Waals surface area contributed by atoms with Crippen LogP contribution in [0.15, 0.2) is 34.3 Å². The number of hydrogen-bond acceptors (Lipinski definition) is 4. The fraction of sp³-hybridized carbons (Fsp3) is 0.167. The lowest BCUT2D eigenvalue weighted by Gasteiger charge is -2.06. The summed E-state index contributed by atoms with van der Waals surface area (Å²) >= 11 is 7.50. The topological polar surface area (TPSA) is 51.8 Å². The minimum atomic E-state index is 0.237. The Labute approximate surface area is 109 Å². The van der Waals surface area contributed by atoms with Crippen molar-refractivity contribution in [2.75, 3.05) is 5.73 Å². The van der Waals surface area contributed by atoms with Gasteiger partial charge in [-0.1, -0.05) is 29.4 Å². The molecular weight excluding hydrogens is 254 g/mol. The fourth-order valence-electron chi connectivity index (χ4n) is 1.32. The first kappa shape index (κ1) is 12.2. The van der Waals surface area contributed by atoms with Gasteiger partial charge in [0.15, 0.2) is 0 Å². The Morgan fingerprint density at radius 2 is 2.00 bits per heavy atom. The van der Waals surface area contributed by atoms with Gasteiger partial charge in [-0.25, -0.2) is 9.97 Å². The van der Waals surface area contributed by atoms with Crippen molar-refractivity contribution in [1.29, 1.82) is 0 Å². The molecular formula is C12H12ClN3S. The molecule has 2 aromatic rings. The van der Waals surface area contributed by atoms with E-state index < -0.39 is 0 Å². The monoisotopic (exact) mass is 265 g/mol. The highest BCUT2D eigenvalue weighted by atomic mass is 35.5. The van der Waals surface area contributed by atoms with Crippen LogP contribution < -0.4 is 5.73 Å². The maximum atomic E-state index is 6.02. The first-order chi connectivity index (χ1) is 8.06. The lowest BCUT2D eigenvalue weighted by Crippen LogP contribution is -1.95. The maximum absolute atomic E-state index is 6.02. The Balaban J connectivity index is 2.31. The average molecular weight is 266 g/mol. The van der Waals surface area contributed by atoms with Gasteiger partial charge in [0.25, 0.3) is 0 Å². The summed E-state index contributed by atoms with van der Waals surface area (Å²) < 4.78 is 0. The molecule has 88 valence electrons. The molecule has 0 radical (unpaired) electrons. The zero-order chi connectivity index (χ0) is 12.4. The number of aryl methyl sites for hydroxylation is 2. The van der Waals surface area contributed by atoms with E-state index >= 15 is 0 Å². The van der Waals surface area contributed by atoms with Crippen molar-refractivity contribution in [2.24, 2.45) is 0 Å². The Bertz CT molecular complexity index is 557. The van der Waals surface area contributed by atoms with Gasteiger partial charge in [-0.05, 0) is 37.1 Å². The highest BCUT2D eigenvalue weighted by Gasteiger charge is 2.06. The number of benzene rings is 1. The van der Waals surface area contributed by atoms with Gasteiger partial charge in [-0.15, -0.1) is 0 Å². The third kappa shape index (κ3) is 2.90. The third-order valence-electron chi connectivity index (χ3n) is 2.42. The van der Waals surface area contributed by atoms with Gasteiger partial charge in [0.1, 0.15) is 5.03 Å². The number of halogens is 1. The molecule has 0 amide bonds. The molecule has 0 spiro atoms. The van der Waals surface area contributed by atoms with Crippen LogP contribution in [0.25, 0.3) is 0 Å². The molecule has 0 atom stereocenters. The number of nitrogens with two attached hydrogens (primary N) is 1. The summed E-state index contributed by atoms with van der Waals surface area (Å²) in [4.78, 5) is 9.04. The quantitative estimate of drug-likeness (QED) is 0.845. The molecule has 0 unspecified atom stereocenters. The van der Waals surface area contributed by atoms with Crippen LogP contribution >= 0.6 is 23.4 Å². The van der Waals surface area contributed by atoms with Crippen molar-refractivity contribution < 1.29 is 0 Å². The molecule has 1 aromatic carbocycles. The zero-order valence-electron chi connectivity index (χ0n) is 9.57. The van der Waals surface area contributed by atoms with Crippen molar-refractivity contribution >= 4 is 29.3 Å². The highest BCUT2D eigenvalue weighted by Crippen LogP contribution is 2.32. The number of nitrogens with zero attached hydrogens (tertiary/aromatic N) is 2. The minimum Gasteiger partial charge on any atom is -0.368 e. The average Bonchev–Trinajstić information content (AvgIpc) is 2.29. The lowest BCUT2D eigenvalue weighted by molar-refractivity contribution is 1.06. The normalized spacial score (nSPS) is 10.5. The summed E-state index contributed by atoms with van der Waals surface area (Å²) in [5.41, 5.74) is 8.05. The van der Waals surface area contributed by atoms with E-state index in [1.807, 2.05) is 6.07 Å². The Morgan fingerprint density at radius 1 is 1.24 bits per heavy atom. The van der Waals surface area contributed by atoms with E-state index in [1.165, 1.54) is 29.1 Å². The Hall–Kier alpha value is -1.26. The Kier molecular flexibility index (Phi) is 3.54. The standard InChI is InChI=1S/C12H12ClN3S/c1-7-3-4-9(5-8(7)2)17-11-10(13)6-15-12(14)16-11/h3-6H,1-2H3,(H2,14,15,16). The maximum Gasteiger partial charge on any atom is 0.221 e. The number of anilines is 1. The molecule has 0 saturated heterocycles. The van der Waals surface area contributed by atoms with Crippen LogP contribution in [0.5, 0.6) is 0 Å². The van der Waals surface area contributed by atoms with Crippen LogP contribution in [0.3, 0.4) is 0 Å². The summed E-state index contributed by atoms with van der Waals surface area (Å²) in [5.74, 6) is 0.237. The third-order valence-corrected chi connectivity index (χ3v) is 3.81.